The van der Waals surface area contributed by atoms with Crippen molar-refractivity contribution in [2.45, 2.75) is 84.5 Å². The minimum absolute atomic E-state index is 0.324. The minimum atomic E-state index is -0.904. The molecule has 4 heteroatoms. The lowest BCUT2D eigenvalue weighted by Gasteiger charge is -2.00. The Bertz CT molecular complexity index is 363. The van der Waals surface area contributed by atoms with Crippen molar-refractivity contribution in [1.29, 1.82) is 0 Å². The highest BCUT2D eigenvalue weighted by atomic mass is 32.8. The molecule has 0 aromatic heterocycles. The summed E-state index contributed by atoms with van der Waals surface area (Å²) in [4.78, 5) is 10.6. The summed E-state index contributed by atoms with van der Waals surface area (Å²) in [5, 5.41) is 10.1. The molecule has 1 aliphatic heterocycles. The zero-order chi connectivity index (χ0) is 16.6. The van der Waals surface area contributed by atoms with Crippen molar-refractivity contribution >= 4 is 26.6 Å². The van der Waals surface area contributed by atoms with E-state index in [0.29, 0.717) is 4.91 Å². The third kappa shape index (κ3) is 12.1. The highest BCUT2D eigenvalue weighted by Crippen LogP contribution is 2.11. The molecule has 1 atom stereocenters. The molecular weight excluding hydrogens is 312 g/mol. The molecule has 1 rings (SSSR count). The van der Waals surface area contributed by atoms with Crippen LogP contribution in [0.3, 0.4) is 0 Å². The topological polar surface area (TPSA) is 37.3 Å². The Kier molecular flexibility index (Phi) is 15.1. The van der Waals surface area contributed by atoms with Gasteiger partial charge in [0, 0.05) is 0 Å². The number of rotatable bonds is 11. The Hall–Kier alpha value is -0.480. The van der Waals surface area contributed by atoms with Crippen LogP contribution < -0.4 is 0 Å². The normalized spacial score (nSPS) is 16.1. The standard InChI is InChI=1S/C13H28.C5H4O2S2/c1-3-5-7-9-11-13-12-10-8-6-4-2;6-5(7)4-2-1-3-9(4)8/h3-13H2,1-2H3;1-3H,(H,6,7). The van der Waals surface area contributed by atoms with E-state index in [1.807, 2.05) is 0 Å². The Morgan fingerprint density at radius 2 is 1.36 bits per heavy atom. The van der Waals surface area contributed by atoms with E-state index in [9.17, 15) is 4.79 Å². The molecule has 128 valence electrons. The molecule has 1 aliphatic rings. The first-order chi connectivity index (χ1) is 10.6. The van der Waals surface area contributed by atoms with Crippen LogP contribution in [0.5, 0.6) is 0 Å². The summed E-state index contributed by atoms with van der Waals surface area (Å²) in [6.07, 6.45) is 19.2. The van der Waals surface area contributed by atoms with Gasteiger partial charge in [-0.25, -0.2) is 4.79 Å². The van der Waals surface area contributed by atoms with Crippen LogP contribution in [0.1, 0.15) is 84.5 Å². The summed E-state index contributed by atoms with van der Waals surface area (Å²) in [6, 6.07) is 0. The predicted molar refractivity (Wildman–Crippen MR) is 102 cm³/mol. The number of hydrogen-bond acceptors (Lipinski definition) is 2. The molecule has 0 amide bonds. The molecule has 22 heavy (non-hydrogen) atoms. The number of hydrogen-bond donors (Lipinski definition) is 1. The van der Waals surface area contributed by atoms with E-state index in [1.165, 1.54) is 70.6 Å². The van der Waals surface area contributed by atoms with Gasteiger partial charge in [-0.05, 0) is 22.7 Å². The first-order valence-corrected chi connectivity index (χ1v) is 10.9. The molecule has 0 aromatic rings. The molecule has 1 N–H and O–H groups in total. The third-order valence-corrected chi connectivity index (χ3v) is 5.60. The zero-order valence-electron chi connectivity index (χ0n) is 14.2. The molecule has 0 aliphatic carbocycles. The summed E-state index contributed by atoms with van der Waals surface area (Å²) < 4.78 is 0. The smallest absolute Gasteiger partial charge is 0.342 e. The van der Waals surface area contributed by atoms with Gasteiger partial charge >= 0.3 is 5.97 Å². The van der Waals surface area contributed by atoms with Crippen LogP contribution in [-0.2, 0) is 25.4 Å². The van der Waals surface area contributed by atoms with Crippen LogP contribution in [0, 0.1) is 0 Å². The SMILES string of the molecule is CCCCCCCCCCCCC.O=C(O)C1=CC=CS1=S. The van der Waals surface area contributed by atoms with Gasteiger partial charge in [0.05, 0.1) is 0 Å². The maximum Gasteiger partial charge on any atom is 0.342 e. The molecule has 0 saturated carbocycles. The monoisotopic (exact) mass is 344 g/mol. The molecular formula is C18H32O2S2. The lowest BCUT2D eigenvalue weighted by Crippen LogP contribution is -2.00. The summed E-state index contributed by atoms with van der Waals surface area (Å²) in [6.45, 7) is 4.56. The quantitative estimate of drug-likeness (QED) is 0.476. The maximum atomic E-state index is 10.2. The van der Waals surface area contributed by atoms with Crippen LogP contribution in [0.2, 0.25) is 0 Å². The molecule has 0 radical (unpaired) electrons. The molecule has 1 unspecified atom stereocenters. The van der Waals surface area contributed by atoms with Crippen molar-refractivity contribution in [3.05, 3.63) is 22.5 Å². The fraction of sp³-hybridized carbons (Fsp3) is 0.722. The molecule has 0 aromatic carbocycles. The second-order valence-electron chi connectivity index (χ2n) is 5.64. The fourth-order valence-corrected chi connectivity index (χ4v) is 3.56. The van der Waals surface area contributed by atoms with Crippen LogP contribution >= 0.6 is 0 Å². The van der Waals surface area contributed by atoms with Crippen molar-refractivity contribution in [2.24, 2.45) is 0 Å². The number of allylic oxidation sites excluding steroid dienone is 2. The van der Waals surface area contributed by atoms with E-state index < -0.39 is 15.4 Å². The van der Waals surface area contributed by atoms with Gasteiger partial charge in [-0.2, -0.15) is 0 Å². The Labute approximate surface area is 143 Å². The highest BCUT2D eigenvalue weighted by Gasteiger charge is 2.11. The number of carbonyl (C=O) groups is 1. The van der Waals surface area contributed by atoms with Gasteiger partial charge in [0.1, 0.15) is 4.91 Å². The second kappa shape index (κ2) is 15.4. The summed E-state index contributed by atoms with van der Waals surface area (Å²) in [7, 11) is -0.576. The van der Waals surface area contributed by atoms with Crippen LogP contribution in [-0.4, -0.2) is 11.1 Å². The zero-order valence-corrected chi connectivity index (χ0v) is 15.8. The lowest BCUT2D eigenvalue weighted by atomic mass is 10.1. The minimum Gasteiger partial charge on any atom is -0.477 e. The molecule has 0 saturated heterocycles. The Morgan fingerprint density at radius 3 is 1.59 bits per heavy atom. The van der Waals surface area contributed by atoms with Crippen LogP contribution in [0.4, 0.5) is 0 Å². The van der Waals surface area contributed by atoms with Crippen LogP contribution in [0.25, 0.3) is 0 Å². The van der Waals surface area contributed by atoms with Crippen molar-refractivity contribution in [2.75, 3.05) is 0 Å². The maximum absolute atomic E-state index is 10.2. The van der Waals surface area contributed by atoms with Crippen molar-refractivity contribution in [3.8, 4) is 0 Å². The molecule has 1 heterocycles. The van der Waals surface area contributed by atoms with Gasteiger partial charge in [-0.3, -0.25) is 0 Å². The highest BCUT2D eigenvalue weighted by molar-refractivity contribution is 8.33. The van der Waals surface area contributed by atoms with Gasteiger partial charge < -0.3 is 5.11 Å². The van der Waals surface area contributed by atoms with Gasteiger partial charge in [-0.1, -0.05) is 100 Å². The van der Waals surface area contributed by atoms with Crippen molar-refractivity contribution in [3.63, 3.8) is 0 Å². The van der Waals surface area contributed by atoms with Crippen LogP contribution in [0.15, 0.2) is 22.5 Å². The second-order valence-corrected chi connectivity index (χ2v) is 8.03. The lowest BCUT2D eigenvalue weighted by molar-refractivity contribution is -0.131. The van der Waals surface area contributed by atoms with Crippen molar-refractivity contribution in [1.82, 2.24) is 0 Å². The first-order valence-electron chi connectivity index (χ1n) is 8.65. The summed E-state index contributed by atoms with van der Waals surface area (Å²) in [5.41, 5.74) is 0. The van der Waals surface area contributed by atoms with E-state index in [4.69, 9.17) is 16.3 Å². The van der Waals surface area contributed by atoms with E-state index >= 15 is 0 Å². The van der Waals surface area contributed by atoms with Gasteiger partial charge in [0.2, 0.25) is 0 Å². The molecule has 2 nitrogen and oxygen atoms in total. The predicted octanol–water partition coefficient (Wildman–Crippen LogP) is 5.88. The Morgan fingerprint density at radius 1 is 0.955 bits per heavy atom. The largest absolute Gasteiger partial charge is 0.477 e. The number of aliphatic carboxylic acids is 1. The molecule has 0 bridgehead atoms. The van der Waals surface area contributed by atoms with Gasteiger partial charge in [0.25, 0.3) is 0 Å². The fourth-order valence-electron chi connectivity index (χ4n) is 2.23. The van der Waals surface area contributed by atoms with E-state index in [-0.39, 0.29) is 0 Å². The number of carboxylic acid groups (broad SMARTS) is 1. The Balaban J connectivity index is 0.000000425. The number of carboxylic acids is 1. The average Bonchev–Trinajstić information content (AvgIpc) is 2.93. The van der Waals surface area contributed by atoms with E-state index in [1.54, 1.807) is 17.6 Å². The van der Waals surface area contributed by atoms with E-state index in [0.717, 1.165) is 0 Å². The van der Waals surface area contributed by atoms with Crippen molar-refractivity contribution < 1.29 is 9.90 Å². The summed E-state index contributed by atoms with van der Waals surface area (Å²) >= 11 is 4.79. The van der Waals surface area contributed by atoms with Gasteiger partial charge in [0.15, 0.2) is 0 Å². The van der Waals surface area contributed by atoms with E-state index in [2.05, 4.69) is 13.8 Å². The van der Waals surface area contributed by atoms with Gasteiger partial charge in [-0.15, -0.1) is 0 Å². The average molecular weight is 345 g/mol. The molecule has 0 spiro atoms. The first kappa shape index (κ1) is 21.5. The third-order valence-electron chi connectivity index (χ3n) is 3.58. The molecule has 0 fully saturated rings. The number of unbranched alkanes of at least 4 members (excludes halogenated alkanes) is 10. The summed E-state index contributed by atoms with van der Waals surface area (Å²) in [5.74, 6) is -0.904.